The minimum Gasteiger partial charge on any atom is -0.383 e. The minimum atomic E-state index is 0.522. The minimum absolute atomic E-state index is 0.522. The van der Waals surface area contributed by atoms with Crippen molar-refractivity contribution in [2.45, 2.75) is 40.2 Å². The molecule has 0 aromatic carbocycles. The number of anilines is 1. The maximum Gasteiger partial charge on any atom is 0.177 e. The van der Waals surface area contributed by atoms with Crippen molar-refractivity contribution in [2.75, 3.05) is 5.73 Å². The van der Waals surface area contributed by atoms with Gasteiger partial charge in [-0.05, 0) is 20.3 Å². The van der Waals surface area contributed by atoms with Crippen LogP contribution in [0.15, 0.2) is 6.33 Å². The lowest BCUT2D eigenvalue weighted by molar-refractivity contribution is 0.663. The summed E-state index contributed by atoms with van der Waals surface area (Å²) in [5, 5.41) is 4.16. The SMILES string of the molecule is CCCc1nc(N)c(C)c(-c2ncnn2CC)n1. The van der Waals surface area contributed by atoms with Crippen molar-refractivity contribution in [3.05, 3.63) is 17.7 Å². The Morgan fingerprint density at radius 3 is 2.72 bits per heavy atom. The highest BCUT2D eigenvalue weighted by Gasteiger charge is 2.15. The lowest BCUT2D eigenvalue weighted by Crippen LogP contribution is -2.08. The van der Waals surface area contributed by atoms with E-state index in [0.717, 1.165) is 42.3 Å². The van der Waals surface area contributed by atoms with E-state index in [1.54, 1.807) is 0 Å². The summed E-state index contributed by atoms with van der Waals surface area (Å²) in [5.74, 6) is 2.04. The molecule has 0 bridgehead atoms. The fourth-order valence-electron chi connectivity index (χ4n) is 1.81. The molecule has 0 aliphatic rings. The number of hydrogen-bond donors (Lipinski definition) is 1. The van der Waals surface area contributed by atoms with Gasteiger partial charge in [0.2, 0.25) is 0 Å². The molecule has 0 atom stereocenters. The molecule has 0 amide bonds. The molecule has 0 spiro atoms. The van der Waals surface area contributed by atoms with Gasteiger partial charge in [-0.2, -0.15) is 5.10 Å². The van der Waals surface area contributed by atoms with Crippen LogP contribution in [-0.4, -0.2) is 24.7 Å². The third-order valence-corrected chi connectivity index (χ3v) is 2.83. The third-order valence-electron chi connectivity index (χ3n) is 2.83. The van der Waals surface area contributed by atoms with Gasteiger partial charge in [0.25, 0.3) is 0 Å². The molecule has 2 rings (SSSR count). The van der Waals surface area contributed by atoms with Crippen molar-refractivity contribution in [3.63, 3.8) is 0 Å². The average Bonchev–Trinajstić information content (AvgIpc) is 2.82. The van der Waals surface area contributed by atoms with Gasteiger partial charge in [0.05, 0.1) is 0 Å². The smallest absolute Gasteiger partial charge is 0.177 e. The van der Waals surface area contributed by atoms with Crippen molar-refractivity contribution in [1.29, 1.82) is 0 Å². The molecule has 6 heteroatoms. The van der Waals surface area contributed by atoms with Crippen molar-refractivity contribution in [3.8, 4) is 11.5 Å². The monoisotopic (exact) mass is 246 g/mol. The molecule has 18 heavy (non-hydrogen) atoms. The Morgan fingerprint density at radius 2 is 2.06 bits per heavy atom. The molecule has 0 aliphatic heterocycles. The van der Waals surface area contributed by atoms with Gasteiger partial charge in [-0.1, -0.05) is 6.92 Å². The maximum absolute atomic E-state index is 5.94. The largest absolute Gasteiger partial charge is 0.383 e. The Hall–Kier alpha value is -1.98. The molecule has 2 N–H and O–H groups in total. The summed E-state index contributed by atoms with van der Waals surface area (Å²) in [5.41, 5.74) is 7.58. The van der Waals surface area contributed by atoms with E-state index >= 15 is 0 Å². The van der Waals surface area contributed by atoms with Crippen LogP contribution < -0.4 is 5.73 Å². The van der Waals surface area contributed by atoms with Crippen molar-refractivity contribution >= 4 is 5.82 Å². The molecule has 96 valence electrons. The van der Waals surface area contributed by atoms with Crippen LogP contribution in [0.25, 0.3) is 11.5 Å². The van der Waals surface area contributed by atoms with Crippen LogP contribution in [-0.2, 0) is 13.0 Å². The van der Waals surface area contributed by atoms with Crippen LogP contribution in [0.3, 0.4) is 0 Å². The number of nitrogens with two attached hydrogens (primary N) is 1. The first-order valence-corrected chi connectivity index (χ1v) is 6.18. The van der Waals surface area contributed by atoms with Crippen LogP contribution in [0.5, 0.6) is 0 Å². The van der Waals surface area contributed by atoms with Crippen LogP contribution in [0.1, 0.15) is 31.7 Å². The first-order chi connectivity index (χ1) is 8.67. The van der Waals surface area contributed by atoms with Crippen molar-refractivity contribution in [2.24, 2.45) is 0 Å². The first kappa shape index (κ1) is 12.5. The molecule has 2 aromatic rings. The highest BCUT2D eigenvalue weighted by molar-refractivity contribution is 5.61. The van der Waals surface area contributed by atoms with E-state index in [1.165, 1.54) is 6.33 Å². The fraction of sp³-hybridized carbons (Fsp3) is 0.500. The summed E-state index contributed by atoms with van der Waals surface area (Å²) in [7, 11) is 0. The van der Waals surface area contributed by atoms with Gasteiger partial charge >= 0.3 is 0 Å². The van der Waals surface area contributed by atoms with E-state index in [0.29, 0.717) is 5.82 Å². The van der Waals surface area contributed by atoms with Gasteiger partial charge in [-0.25, -0.2) is 19.6 Å². The van der Waals surface area contributed by atoms with Crippen molar-refractivity contribution < 1.29 is 0 Å². The van der Waals surface area contributed by atoms with Crippen LogP contribution in [0.4, 0.5) is 5.82 Å². The molecule has 2 heterocycles. The maximum atomic E-state index is 5.94. The molecule has 0 radical (unpaired) electrons. The number of aromatic nitrogens is 5. The molecular weight excluding hydrogens is 228 g/mol. The number of aryl methyl sites for hydroxylation is 2. The zero-order chi connectivity index (χ0) is 13.1. The summed E-state index contributed by atoms with van der Waals surface area (Å²) < 4.78 is 1.81. The number of nitrogens with zero attached hydrogens (tertiary/aromatic N) is 5. The van der Waals surface area contributed by atoms with Gasteiger partial charge < -0.3 is 5.73 Å². The molecule has 0 unspecified atom stereocenters. The van der Waals surface area contributed by atoms with Gasteiger partial charge in [0.1, 0.15) is 23.7 Å². The van der Waals surface area contributed by atoms with E-state index in [4.69, 9.17) is 5.73 Å². The summed E-state index contributed by atoms with van der Waals surface area (Å²) >= 11 is 0. The third kappa shape index (κ3) is 2.18. The van der Waals surface area contributed by atoms with Gasteiger partial charge in [-0.15, -0.1) is 0 Å². The molecule has 2 aromatic heterocycles. The second-order valence-corrected chi connectivity index (χ2v) is 4.15. The highest BCUT2D eigenvalue weighted by atomic mass is 15.3. The Balaban J connectivity index is 2.55. The zero-order valence-electron chi connectivity index (χ0n) is 11.0. The summed E-state index contributed by atoms with van der Waals surface area (Å²) in [6.07, 6.45) is 3.34. The van der Waals surface area contributed by atoms with E-state index < -0.39 is 0 Å². The quantitative estimate of drug-likeness (QED) is 0.886. The van der Waals surface area contributed by atoms with Crippen LogP contribution in [0, 0.1) is 6.92 Å². The van der Waals surface area contributed by atoms with E-state index in [1.807, 2.05) is 18.5 Å². The molecule has 0 saturated carbocycles. The number of nitrogen functional groups attached to an aromatic ring is 1. The molecule has 0 aliphatic carbocycles. The normalized spacial score (nSPS) is 10.8. The number of rotatable bonds is 4. The standard InChI is InChI=1S/C12H18N6/c1-4-6-9-16-10(8(3)11(13)17-9)12-14-7-15-18(12)5-2/h7H,4-6H2,1-3H3,(H2,13,16,17). The Labute approximate surface area is 106 Å². The molecule has 0 fully saturated rings. The second-order valence-electron chi connectivity index (χ2n) is 4.15. The number of hydrogen-bond acceptors (Lipinski definition) is 5. The van der Waals surface area contributed by atoms with Gasteiger partial charge in [0, 0.05) is 18.5 Å². The fourth-order valence-corrected chi connectivity index (χ4v) is 1.81. The van der Waals surface area contributed by atoms with Crippen LogP contribution >= 0.6 is 0 Å². The van der Waals surface area contributed by atoms with Crippen LogP contribution in [0.2, 0.25) is 0 Å². The second kappa shape index (κ2) is 5.12. The Morgan fingerprint density at radius 1 is 1.28 bits per heavy atom. The molecule has 0 saturated heterocycles. The van der Waals surface area contributed by atoms with E-state index in [2.05, 4.69) is 27.0 Å². The predicted molar refractivity (Wildman–Crippen MR) is 69.9 cm³/mol. The lowest BCUT2D eigenvalue weighted by atomic mass is 10.2. The van der Waals surface area contributed by atoms with E-state index in [9.17, 15) is 0 Å². The first-order valence-electron chi connectivity index (χ1n) is 6.18. The van der Waals surface area contributed by atoms with E-state index in [-0.39, 0.29) is 0 Å². The lowest BCUT2D eigenvalue weighted by Gasteiger charge is -2.09. The molecule has 6 nitrogen and oxygen atoms in total. The average molecular weight is 246 g/mol. The summed E-state index contributed by atoms with van der Waals surface area (Å²) in [6.45, 7) is 6.77. The van der Waals surface area contributed by atoms with Crippen molar-refractivity contribution in [1.82, 2.24) is 24.7 Å². The summed E-state index contributed by atoms with van der Waals surface area (Å²) in [6, 6.07) is 0. The molecular formula is C12H18N6. The Bertz CT molecular complexity index is 545. The summed E-state index contributed by atoms with van der Waals surface area (Å²) in [4.78, 5) is 13.1. The zero-order valence-corrected chi connectivity index (χ0v) is 11.0. The van der Waals surface area contributed by atoms with Gasteiger partial charge in [0.15, 0.2) is 5.82 Å². The highest BCUT2D eigenvalue weighted by Crippen LogP contribution is 2.22. The Kier molecular flexibility index (Phi) is 3.55. The topological polar surface area (TPSA) is 82.5 Å². The predicted octanol–water partition coefficient (Wildman–Crippen LogP) is 1.60. The van der Waals surface area contributed by atoms with Gasteiger partial charge in [-0.3, -0.25) is 0 Å².